The van der Waals surface area contributed by atoms with Crippen LogP contribution in [0.3, 0.4) is 0 Å². The molecular formula is C22H24N4O2. The van der Waals surface area contributed by atoms with E-state index in [1.807, 2.05) is 41.0 Å². The first kappa shape index (κ1) is 18.2. The third-order valence-corrected chi connectivity index (χ3v) is 4.96. The van der Waals surface area contributed by atoms with Gasteiger partial charge >= 0.3 is 0 Å². The molecule has 2 aromatic carbocycles. The molecule has 0 aliphatic heterocycles. The van der Waals surface area contributed by atoms with Gasteiger partial charge in [-0.3, -0.25) is 4.79 Å². The van der Waals surface area contributed by atoms with Crippen LogP contribution >= 0.6 is 0 Å². The van der Waals surface area contributed by atoms with Crippen molar-refractivity contribution in [1.29, 1.82) is 0 Å². The van der Waals surface area contributed by atoms with Crippen LogP contribution in [0.2, 0.25) is 0 Å². The number of aromatic nitrogens is 4. The van der Waals surface area contributed by atoms with Crippen LogP contribution in [0, 0.1) is 6.92 Å². The van der Waals surface area contributed by atoms with E-state index < -0.39 is 0 Å². The van der Waals surface area contributed by atoms with Crippen LogP contribution in [0.5, 0.6) is 5.75 Å². The van der Waals surface area contributed by atoms with Crippen LogP contribution in [-0.2, 0) is 12.0 Å². The van der Waals surface area contributed by atoms with Crippen LogP contribution < -0.4 is 10.3 Å². The predicted molar refractivity (Wildman–Crippen MR) is 110 cm³/mol. The van der Waals surface area contributed by atoms with Crippen LogP contribution in [0.1, 0.15) is 32.0 Å². The lowest BCUT2D eigenvalue weighted by atomic mass is 9.87. The minimum absolute atomic E-state index is 0.117. The van der Waals surface area contributed by atoms with Gasteiger partial charge in [-0.05, 0) is 42.2 Å². The summed E-state index contributed by atoms with van der Waals surface area (Å²) in [6.45, 7) is 9.28. The molecular weight excluding hydrogens is 352 g/mol. The van der Waals surface area contributed by atoms with Gasteiger partial charge in [-0.1, -0.05) is 45.0 Å². The zero-order valence-corrected chi connectivity index (χ0v) is 16.6. The van der Waals surface area contributed by atoms with Crippen LogP contribution in [0.15, 0.2) is 53.3 Å². The fourth-order valence-electron chi connectivity index (χ4n) is 3.37. The lowest BCUT2D eigenvalue weighted by Crippen LogP contribution is -2.20. The minimum atomic E-state index is -0.140. The number of aryl methyl sites for hydroxylation is 1. The average molecular weight is 376 g/mol. The fourth-order valence-corrected chi connectivity index (χ4v) is 3.37. The van der Waals surface area contributed by atoms with Gasteiger partial charge < -0.3 is 9.30 Å². The summed E-state index contributed by atoms with van der Waals surface area (Å²) in [5, 5.41) is 8.28. The molecule has 0 spiro atoms. The second-order valence-electron chi connectivity index (χ2n) is 7.99. The van der Waals surface area contributed by atoms with Crippen molar-refractivity contribution >= 4 is 16.8 Å². The van der Waals surface area contributed by atoms with Crippen molar-refractivity contribution in [3.63, 3.8) is 0 Å². The molecule has 0 aliphatic carbocycles. The van der Waals surface area contributed by atoms with E-state index in [2.05, 4.69) is 43.1 Å². The Labute approximate surface area is 163 Å². The third-order valence-electron chi connectivity index (χ3n) is 4.96. The standard InChI is InChI=1S/C22H24N4O2/c1-15-20(27)26-19-8-6-5-7-18(19)25(21(26)24-23-15)13-14-28-17-11-9-16(10-12-17)22(2,3)4/h5-12H,13-14H2,1-4H3. The zero-order valence-electron chi connectivity index (χ0n) is 16.6. The SMILES string of the molecule is Cc1nnc2n(CCOc3ccc(C(C)(C)C)cc3)c3ccccc3n2c1=O. The van der Waals surface area contributed by atoms with E-state index in [4.69, 9.17) is 4.74 Å². The first-order valence-corrected chi connectivity index (χ1v) is 9.43. The molecule has 2 heterocycles. The van der Waals surface area contributed by atoms with E-state index in [0.717, 1.165) is 16.8 Å². The largest absolute Gasteiger partial charge is 0.492 e. The molecule has 144 valence electrons. The van der Waals surface area contributed by atoms with Crippen LogP contribution in [0.25, 0.3) is 16.8 Å². The third kappa shape index (κ3) is 3.15. The molecule has 6 heteroatoms. The van der Waals surface area contributed by atoms with Gasteiger partial charge in [0.15, 0.2) is 0 Å². The van der Waals surface area contributed by atoms with E-state index in [9.17, 15) is 4.79 Å². The Morgan fingerprint density at radius 2 is 1.64 bits per heavy atom. The Morgan fingerprint density at radius 3 is 2.32 bits per heavy atom. The Kier molecular flexibility index (Phi) is 4.41. The molecule has 6 nitrogen and oxygen atoms in total. The van der Waals surface area contributed by atoms with Crippen LogP contribution in [0.4, 0.5) is 0 Å². The van der Waals surface area contributed by atoms with E-state index in [1.54, 1.807) is 11.3 Å². The second-order valence-corrected chi connectivity index (χ2v) is 7.99. The number of hydrogen-bond acceptors (Lipinski definition) is 4. The molecule has 0 unspecified atom stereocenters. The molecule has 4 aromatic rings. The van der Waals surface area contributed by atoms with Crippen LogP contribution in [-0.4, -0.2) is 25.8 Å². The summed E-state index contributed by atoms with van der Waals surface area (Å²) in [5.41, 5.74) is 3.40. The number of ether oxygens (including phenoxy) is 1. The summed E-state index contributed by atoms with van der Waals surface area (Å²) in [6, 6.07) is 16.0. The highest BCUT2D eigenvalue weighted by Gasteiger charge is 2.15. The zero-order chi connectivity index (χ0) is 19.9. The lowest BCUT2D eigenvalue weighted by molar-refractivity contribution is 0.301. The van der Waals surface area contributed by atoms with Gasteiger partial charge in [-0.25, -0.2) is 4.40 Å². The Hall–Kier alpha value is -3.15. The summed E-state index contributed by atoms with van der Waals surface area (Å²) in [6.07, 6.45) is 0. The van der Waals surface area contributed by atoms with Crippen molar-refractivity contribution in [3.05, 3.63) is 70.1 Å². The summed E-state index contributed by atoms with van der Waals surface area (Å²) in [4.78, 5) is 12.6. The highest BCUT2D eigenvalue weighted by Crippen LogP contribution is 2.24. The first-order chi connectivity index (χ1) is 13.4. The molecule has 0 aliphatic rings. The van der Waals surface area contributed by atoms with E-state index in [0.29, 0.717) is 24.6 Å². The smallest absolute Gasteiger partial charge is 0.281 e. The molecule has 4 rings (SSSR count). The van der Waals surface area contributed by atoms with Gasteiger partial charge in [0.2, 0.25) is 5.78 Å². The van der Waals surface area contributed by atoms with Crippen molar-refractivity contribution in [2.75, 3.05) is 6.61 Å². The second kappa shape index (κ2) is 6.78. The van der Waals surface area contributed by atoms with E-state index in [1.165, 1.54) is 5.56 Å². The fraction of sp³-hybridized carbons (Fsp3) is 0.318. The van der Waals surface area contributed by atoms with E-state index in [-0.39, 0.29) is 11.0 Å². The summed E-state index contributed by atoms with van der Waals surface area (Å²) >= 11 is 0. The Morgan fingerprint density at radius 1 is 0.964 bits per heavy atom. The average Bonchev–Trinajstić information content (AvgIpc) is 2.99. The van der Waals surface area contributed by atoms with Gasteiger partial charge in [0, 0.05) is 0 Å². The van der Waals surface area contributed by atoms with Gasteiger partial charge in [0.25, 0.3) is 5.56 Å². The van der Waals surface area contributed by atoms with Gasteiger partial charge in [-0.2, -0.15) is 0 Å². The maximum Gasteiger partial charge on any atom is 0.281 e. The van der Waals surface area contributed by atoms with E-state index >= 15 is 0 Å². The highest BCUT2D eigenvalue weighted by atomic mass is 16.5. The summed E-state index contributed by atoms with van der Waals surface area (Å²) in [5.74, 6) is 1.36. The lowest BCUT2D eigenvalue weighted by Gasteiger charge is -2.19. The first-order valence-electron chi connectivity index (χ1n) is 9.43. The number of nitrogens with zero attached hydrogens (tertiary/aromatic N) is 4. The molecule has 0 radical (unpaired) electrons. The maximum atomic E-state index is 12.6. The predicted octanol–water partition coefficient (Wildman–Crippen LogP) is 3.73. The normalized spacial score (nSPS) is 12.0. The molecule has 0 bridgehead atoms. The number of imidazole rings is 1. The molecule has 28 heavy (non-hydrogen) atoms. The number of rotatable bonds is 4. The molecule has 2 aromatic heterocycles. The number of fused-ring (bicyclic) bond motifs is 3. The molecule has 0 amide bonds. The highest BCUT2D eigenvalue weighted by molar-refractivity contribution is 5.80. The quantitative estimate of drug-likeness (QED) is 0.544. The molecule has 0 N–H and O–H groups in total. The molecule has 0 saturated carbocycles. The summed E-state index contributed by atoms with van der Waals surface area (Å²) < 4.78 is 9.54. The summed E-state index contributed by atoms with van der Waals surface area (Å²) in [7, 11) is 0. The minimum Gasteiger partial charge on any atom is -0.492 e. The van der Waals surface area contributed by atoms with Crippen molar-refractivity contribution < 1.29 is 4.74 Å². The molecule has 0 saturated heterocycles. The molecule has 0 fully saturated rings. The number of hydrogen-bond donors (Lipinski definition) is 0. The Bertz CT molecular complexity index is 1200. The number of benzene rings is 2. The topological polar surface area (TPSA) is 61.4 Å². The molecule has 0 atom stereocenters. The van der Waals surface area contributed by atoms with Gasteiger partial charge in [-0.15, -0.1) is 10.2 Å². The van der Waals surface area contributed by atoms with Crippen molar-refractivity contribution in [2.24, 2.45) is 0 Å². The number of para-hydroxylation sites is 2. The van der Waals surface area contributed by atoms with Gasteiger partial charge in [0.1, 0.15) is 18.1 Å². The van der Waals surface area contributed by atoms with Gasteiger partial charge in [0.05, 0.1) is 17.6 Å². The maximum absolute atomic E-state index is 12.6. The Balaban J connectivity index is 1.61. The van der Waals surface area contributed by atoms with Crippen molar-refractivity contribution in [1.82, 2.24) is 19.2 Å². The van der Waals surface area contributed by atoms with Crippen molar-refractivity contribution in [2.45, 2.75) is 39.7 Å². The monoisotopic (exact) mass is 376 g/mol. The van der Waals surface area contributed by atoms with Crippen molar-refractivity contribution in [3.8, 4) is 5.75 Å².